The van der Waals surface area contributed by atoms with E-state index in [2.05, 4.69) is 0 Å². The summed E-state index contributed by atoms with van der Waals surface area (Å²) >= 11 is 0. The van der Waals surface area contributed by atoms with Crippen molar-refractivity contribution >= 4 is 11.9 Å². The Labute approximate surface area is 159 Å². The van der Waals surface area contributed by atoms with Crippen molar-refractivity contribution in [3.63, 3.8) is 0 Å². The number of aromatic carboxylic acids is 2. The predicted molar refractivity (Wildman–Crippen MR) is 102 cm³/mol. The minimum atomic E-state index is -1.22. The van der Waals surface area contributed by atoms with Crippen molar-refractivity contribution in [1.29, 1.82) is 0 Å². The first-order valence-corrected chi connectivity index (χ1v) is 8.28. The van der Waals surface area contributed by atoms with Crippen LogP contribution in [0.15, 0.2) is 54.6 Å². The molecule has 0 saturated carbocycles. The van der Waals surface area contributed by atoms with Gasteiger partial charge in [-0.1, -0.05) is 24.3 Å². The van der Waals surface area contributed by atoms with E-state index in [0.29, 0.717) is 11.1 Å². The molecule has 0 saturated heterocycles. The molecule has 7 heteroatoms. The molecule has 0 radical (unpaired) electrons. The molecule has 0 atom stereocenters. The highest BCUT2D eigenvalue weighted by atomic mass is 16.4. The quantitative estimate of drug-likeness (QED) is 0.458. The molecular weight excluding hydrogens is 362 g/mol. The minimum absolute atomic E-state index is 0.184. The summed E-state index contributed by atoms with van der Waals surface area (Å²) in [7, 11) is 0. The van der Waals surface area contributed by atoms with Crippen molar-refractivity contribution in [3.05, 3.63) is 71.3 Å². The highest BCUT2D eigenvalue weighted by Gasteiger charge is 2.14. The van der Waals surface area contributed by atoms with Crippen molar-refractivity contribution in [2.24, 2.45) is 5.73 Å². The molecule has 0 aliphatic rings. The van der Waals surface area contributed by atoms with E-state index < -0.39 is 11.9 Å². The molecule has 0 unspecified atom stereocenters. The molecule has 28 heavy (non-hydrogen) atoms. The zero-order chi connectivity index (χ0) is 20.4. The number of hydrogen-bond donors (Lipinski definition) is 5. The van der Waals surface area contributed by atoms with Crippen LogP contribution in [0.4, 0.5) is 0 Å². The van der Waals surface area contributed by atoms with Gasteiger partial charge in [-0.15, -0.1) is 0 Å². The molecule has 3 rings (SSSR count). The van der Waals surface area contributed by atoms with E-state index in [4.69, 9.17) is 15.9 Å². The fourth-order valence-corrected chi connectivity index (χ4v) is 3.00. The normalized spacial score (nSPS) is 10.6. The highest BCUT2D eigenvalue weighted by molar-refractivity contribution is 5.93. The van der Waals surface area contributed by atoms with E-state index in [9.17, 15) is 19.8 Å². The average Bonchev–Trinajstić information content (AvgIpc) is 2.66. The summed E-state index contributed by atoms with van der Waals surface area (Å²) < 4.78 is 0. The van der Waals surface area contributed by atoms with Crippen molar-refractivity contribution in [2.75, 3.05) is 0 Å². The molecule has 0 spiro atoms. The van der Waals surface area contributed by atoms with Gasteiger partial charge < -0.3 is 26.2 Å². The molecule has 3 aromatic rings. The van der Waals surface area contributed by atoms with Gasteiger partial charge in [0.25, 0.3) is 0 Å². The van der Waals surface area contributed by atoms with Crippen LogP contribution in [0, 0.1) is 0 Å². The van der Waals surface area contributed by atoms with Gasteiger partial charge in [0.2, 0.25) is 0 Å². The summed E-state index contributed by atoms with van der Waals surface area (Å²) in [6.45, 7) is 0.184. The summed E-state index contributed by atoms with van der Waals surface area (Å²) in [5, 5.41) is 37.9. The van der Waals surface area contributed by atoms with Crippen molar-refractivity contribution in [1.82, 2.24) is 0 Å². The third-order valence-electron chi connectivity index (χ3n) is 4.43. The molecule has 0 aromatic heterocycles. The maximum atomic E-state index is 11.1. The third-order valence-corrected chi connectivity index (χ3v) is 4.43. The number of phenols is 2. The number of hydrogen-bond acceptors (Lipinski definition) is 5. The van der Waals surface area contributed by atoms with E-state index in [1.807, 2.05) is 0 Å². The average molecular weight is 379 g/mol. The Bertz CT molecular complexity index is 1090. The fraction of sp³-hybridized carbons (Fsp3) is 0.0476. The number of carboxylic acid groups (broad SMARTS) is 2. The van der Waals surface area contributed by atoms with Gasteiger partial charge >= 0.3 is 11.9 Å². The van der Waals surface area contributed by atoms with Gasteiger partial charge in [0.15, 0.2) is 0 Å². The first-order valence-electron chi connectivity index (χ1n) is 8.28. The van der Waals surface area contributed by atoms with E-state index >= 15 is 0 Å². The van der Waals surface area contributed by atoms with Gasteiger partial charge in [-0.25, -0.2) is 9.59 Å². The van der Waals surface area contributed by atoms with Crippen molar-refractivity contribution in [2.45, 2.75) is 6.54 Å². The van der Waals surface area contributed by atoms with Crippen LogP contribution in [0.5, 0.6) is 11.5 Å². The lowest BCUT2D eigenvalue weighted by Crippen LogP contribution is -2.01. The van der Waals surface area contributed by atoms with Crippen molar-refractivity contribution < 1.29 is 30.0 Å². The Kier molecular flexibility index (Phi) is 5.02. The number of carbonyl (C=O) groups is 2. The summed E-state index contributed by atoms with van der Waals surface area (Å²) in [5.41, 5.74) is 8.90. The molecule has 0 aliphatic heterocycles. The Morgan fingerprint density at radius 1 is 0.714 bits per heavy atom. The zero-order valence-corrected chi connectivity index (χ0v) is 14.6. The number of benzene rings is 3. The second-order valence-electron chi connectivity index (χ2n) is 6.15. The van der Waals surface area contributed by atoms with E-state index in [1.54, 1.807) is 30.3 Å². The second-order valence-corrected chi connectivity index (χ2v) is 6.15. The highest BCUT2D eigenvalue weighted by Crippen LogP contribution is 2.33. The van der Waals surface area contributed by atoms with Gasteiger partial charge in [0.05, 0.1) is 0 Å². The maximum absolute atomic E-state index is 11.1. The van der Waals surface area contributed by atoms with Crippen LogP contribution in [0.25, 0.3) is 22.3 Å². The second kappa shape index (κ2) is 7.42. The molecular formula is C21H17NO6. The molecule has 0 bridgehead atoms. The van der Waals surface area contributed by atoms with Crippen LogP contribution in [0.3, 0.4) is 0 Å². The molecule has 3 aromatic carbocycles. The number of aromatic hydroxyl groups is 2. The van der Waals surface area contributed by atoms with Crippen molar-refractivity contribution in [3.8, 4) is 33.8 Å². The van der Waals surface area contributed by atoms with Crippen LogP contribution < -0.4 is 5.73 Å². The molecule has 0 aliphatic carbocycles. The van der Waals surface area contributed by atoms with Gasteiger partial charge in [-0.3, -0.25) is 0 Å². The number of carboxylic acids is 2. The van der Waals surface area contributed by atoms with Gasteiger partial charge in [0.1, 0.15) is 22.6 Å². The first kappa shape index (κ1) is 18.9. The van der Waals surface area contributed by atoms with Gasteiger partial charge in [-0.05, 0) is 58.1 Å². The summed E-state index contributed by atoms with van der Waals surface area (Å²) in [6, 6.07) is 13.9. The van der Waals surface area contributed by atoms with Crippen LogP contribution in [0.1, 0.15) is 26.3 Å². The Morgan fingerprint density at radius 3 is 1.68 bits per heavy atom. The number of rotatable bonds is 5. The smallest absolute Gasteiger partial charge is 0.339 e. The molecule has 0 heterocycles. The topological polar surface area (TPSA) is 141 Å². The minimum Gasteiger partial charge on any atom is -0.507 e. The van der Waals surface area contributed by atoms with Crippen LogP contribution >= 0.6 is 0 Å². The molecule has 7 nitrogen and oxygen atoms in total. The third kappa shape index (κ3) is 3.51. The Morgan fingerprint density at radius 2 is 1.18 bits per heavy atom. The lowest BCUT2D eigenvalue weighted by molar-refractivity contribution is 0.0682. The lowest BCUT2D eigenvalue weighted by atomic mass is 9.93. The lowest BCUT2D eigenvalue weighted by Gasteiger charge is -2.13. The number of nitrogens with two attached hydrogens (primary N) is 1. The Hall–Kier alpha value is -3.84. The van der Waals surface area contributed by atoms with Crippen LogP contribution in [-0.4, -0.2) is 32.4 Å². The van der Waals surface area contributed by atoms with Gasteiger partial charge in [-0.2, -0.15) is 0 Å². The zero-order valence-electron chi connectivity index (χ0n) is 14.6. The van der Waals surface area contributed by atoms with E-state index in [0.717, 1.165) is 16.7 Å². The van der Waals surface area contributed by atoms with Gasteiger partial charge in [0, 0.05) is 6.54 Å². The summed E-state index contributed by atoms with van der Waals surface area (Å²) in [5.74, 6) is -3.11. The molecule has 0 amide bonds. The van der Waals surface area contributed by atoms with E-state index in [-0.39, 0.29) is 29.2 Å². The van der Waals surface area contributed by atoms with Crippen LogP contribution in [-0.2, 0) is 6.54 Å². The van der Waals surface area contributed by atoms with Crippen LogP contribution in [0.2, 0.25) is 0 Å². The summed E-state index contributed by atoms with van der Waals surface area (Å²) in [6.07, 6.45) is 0. The molecule has 0 fully saturated rings. The molecule has 6 N–H and O–H groups in total. The fourth-order valence-electron chi connectivity index (χ4n) is 3.00. The largest absolute Gasteiger partial charge is 0.507 e. The first-order chi connectivity index (χ1) is 13.3. The molecule has 142 valence electrons. The maximum Gasteiger partial charge on any atom is 0.339 e. The standard InChI is InChI=1S/C21H17NO6/c22-10-14-7-11(12-2-5-16(20(25)26)18(23)8-12)1-4-15(14)13-3-6-17(21(27)28)19(24)9-13/h1-9,23-24H,10,22H2,(H,25,26)(H,27,28). The Balaban J connectivity index is 2.04. The van der Waals surface area contributed by atoms with E-state index in [1.165, 1.54) is 24.3 Å². The predicted octanol–water partition coefficient (Wildman–Crippen LogP) is 3.29. The SMILES string of the molecule is NCc1cc(-c2ccc(C(=O)O)c(O)c2)ccc1-c1ccc(C(=O)O)c(O)c1. The summed E-state index contributed by atoms with van der Waals surface area (Å²) in [4.78, 5) is 22.1. The monoisotopic (exact) mass is 379 g/mol.